The number of hydrogen-bond donors (Lipinski definition) is 1. The third kappa shape index (κ3) is 5.31. The molecule has 0 fully saturated rings. The van der Waals surface area contributed by atoms with Crippen LogP contribution in [0.2, 0.25) is 0 Å². The molecule has 2 aromatic rings. The van der Waals surface area contributed by atoms with Crippen molar-refractivity contribution >= 4 is 19.1 Å². The van der Waals surface area contributed by atoms with Crippen molar-refractivity contribution in [2.45, 2.75) is 65.7 Å². The van der Waals surface area contributed by atoms with E-state index in [1.54, 1.807) is 6.20 Å². The van der Waals surface area contributed by atoms with Gasteiger partial charge in [0.1, 0.15) is 17.9 Å². The van der Waals surface area contributed by atoms with E-state index < -0.39 is 7.60 Å². The summed E-state index contributed by atoms with van der Waals surface area (Å²) in [6.45, 7) is 10.5. The molecular weight excluding hydrogens is 411 g/mol. The van der Waals surface area contributed by atoms with Crippen LogP contribution < -0.4 is 4.90 Å². The molecular formula is C24H35N2O4P. The Hall–Kier alpha value is -1.88. The van der Waals surface area contributed by atoms with Crippen molar-refractivity contribution in [1.82, 2.24) is 4.98 Å². The molecule has 0 saturated heterocycles. The average Bonchev–Trinajstić information content (AvgIpc) is 2.73. The van der Waals surface area contributed by atoms with E-state index in [1.807, 2.05) is 43.0 Å². The Morgan fingerprint density at radius 3 is 2.29 bits per heavy atom. The van der Waals surface area contributed by atoms with Gasteiger partial charge in [-0.15, -0.1) is 0 Å². The van der Waals surface area contributed by atoms with E-state index in [0.29, 0.717) is 24.8 Å². The van der Waals surface area contributed by atoms with Gasteiger partial charge in [0.05, 0.1) is 13.2 Å². The van der Waals surface area contributed by atoms with Gasteiger partial charge in [-0.3, -0.25) is 4.57 Å². The number of fused-ring (bicyclic) bond motifs is 1. The van der Waals surface area contributed by atoms with Crippen LogP contribution in [0, 0.1) is 0 Å². The van der Waals surface area contributed by atoms with Crippen molar-refractivity contribution in [2.24, 2.45) is 0 Å². The number of aromatic nitrogens is 1. The molecule has 0 amide bonds. The van der Waals surface area contributed by atoms with Gasteiger partial charge in [0, 0.05) is 17.4 Å². The lowest BCUT2D eigenvalue weighted by Crippen LogP contribution is -2.25. The zero-order chi connectivity index (χ0) is 22.6. The fraction of sp³-hybridized carbons (Fsp3) is 0.542. The first-order valence-corrected chi connectivity index (χ1v) is 12.9. The molecule has 3 rings (SSSR count). The minimum atomic E-state index is -3.39. The first-order chi connectivity index (χ1) is 14.7. The number of rotatable bonds is 8. The van der Waals surface area contributed by atoms with Gasteiger partial charge in [0.25, 0.3) is 0 Å². The molecule has 0 aliphatic heterocycles. The van der Waals surface area contributed by atoms with Crippen LogP contribution in [-0.4, -0.2) is 29.6 Å². The first kappa shape index (κ1) is 23.8. The van der Waals surface area contributed by atoms with E-state index in [2.05, 4.69) is 25.8 Å². The standard InChI is InChI=1S/C24H35N2O4P/c1-6-29-31(28,30-7-2)17-26(22-14-10-11-15-25-22)21-16-20(24(3,4)5)23(27)19-13-9-8-12-18(19)21/h10-11,14-16,27H,6-9,12-13,17H2,1-5H3. The van der Waals surface area contributed by atoms with Crippen molar-refractivity contribution in [3.8, 4) is 5.75 Å². The van der Waals surface area contributed by atoms with E-state index >= 15 is 0 Å². The number of benzene rings is 1. The Morgan fingerprint density at radius 1 is 1.10 bits per heavy atom. The Labute approximate surface area is 186 Å². The molecule has 1 aliphatic carbocycles. The molecule has 0 atom stereocenters. The van der Waals surface area contributed by atoms with Gasteiger partial charge < -0.3 is 19.1 Å². The van der Waals surface area contributed by atoms with Crippen molar-refractivity contribution in [2.75, 3.05) is 24.4 Å². The summed E-state index contributed by atoms with van der Waals surface area (Å²) in [4.78, 5) is 6.50. The topological polar surface area (TPSA) is 71.9 Å². The predicted molar refractivity (Wildman–Crippen MR) is 126 cm³/mol. The second kappa shape index (κ2) is 9.72. The maximum Gasteiger partial charge on any atom is 0.350 e. The fourth-order valence-electron chi connectivity index (χ4n) is 4.19. The van der Waals surface area contributed by atoms with Gasteiger partial charge in [-0.1, -0.05) is 26.8 Å². The van der Waals surface area contributed by atoms with E-state index in [1.165, 1.54) is 0 Å². The summed E-state index contributed by atoms with van der Waals surface area (Å²) in [5.41, 5.74) is 3.66. The van der Waals surface area contributed by atoms with E-state index in [0.717, 1.165) is 48.1 Å². The first-order valence-electron chi connectivity index (χ1n) is 11.1. The van der Waals surface area contributed by atoms with Gasteiger partial charge in [-0.25, -0.2) is 4.98 Å². The van der Waals surface area contributed by atoms with Gasteiger partial charge in [-0.2, -0.15) is 0 Å². The molecule has 1 aromatic carbocycles. The van der Waals surface area contributed by atoms with Crippen molar-refractivity contribution < 1.29 is 18.7 Å². The third-order valence-electron chi connectivity index (χ3n) is 5.59. The summed E-state index contributed by atoms with van der Waals surface area (Å²) in [5, 5.41) is 11.1. The Balaban J connectivity index is 2.23. The third-order valence-corrected chi connectivity index (χ3v) is 7.52. The van der Waals surface area contributed by atoms with E-state index in [-0.39, 0.29) is 11.7 Å². The normalized spacial score (nSPS) is 14.4. The van der Waals surface area contributed by atoms with Gasteiger partial charge in [-0.05, 0) is 74.3 Å². The Kier molecular flexibility index (Phi) is 7.46. The molecule has 1 heterocycles. The molecule has 31 heavy (non-hydrogen) atoms. The lowest BCUT2D eigenvalue weighted by atomic mass is 9.80. The maximum absolute atomic E-state index is 13.5. The summed E-state index contributed by atoms with van der Waals surface area (Å²) in [6, 6.07) is 7.72. The number of anilines is 2. The number of hydrogen-bond acceptors (Lipinski definition) is 6. The highest BCUT2D eigenvalue weighted by molar-refractivity contribution is 7.54. The van der Waals surface area contributed by atoms with Crippen LogP contribution >= 0.6 is 7.60 Å². The van der Waals surface area contributed by atoms with Crippen molar-refractivity contribution in [3.05, 3.63) is 47.2 Å². The smallest absolute Gasteiger partial charge is 0.350 e. The fourth-order valence-corrected chi connectivity index (χ4v) is 5.86. The van der Waals surface area contributed by atoms with Crippen LogP contribution in [0.25, 0.3) is 0 Å². The van der Waals surface area contributed by atoms with Crippen molar-refractivity contribution in [3.63, 3.8) is 0 Å². The zero-order valence-electron chi connectivity index (χ0n) is 19.4. The molecule has 1 aromatic heterocycles. The number of nitrogens with zero attached hydrogens (tertiary/aromatic N) is 2. The molecule has 170 valence electrons. The average molecular weight is 447 g/mol. The molecule has 0 saturated carbocycles. The summed E-state index contributed by atoms with van der Waals surface area (Å²) >= 11 is 0. The second-order valence-electron chi connectivity index (χ2n) is 8.91. The van der Waals surface area contributed by atoms with Crippen LogP contribution in [0.1, 0.15) is 64.2 Å². The highest BCUT2D eigenvalue weighted by Gasteiger charge is 2.33. The van der Waals surface area contributed by atoms with Gasteiger partial charge >= 0.3 is 7.60 Å². The van der Waals surface area contributed by atoms with Crippen LogP contribution in [0.5, 0.6) is 5.75 Å². The molecule has 7 heteroatoms. The Morgan fingerprint density at radius 2 is 1.74 bits per heavy atom. The summed E-state index contributed by atoms with van der Waals surface area (Å²) in [7, 11) is -3.39. The maximum atomic E-state index is 13.5. The SMILES string of the molecule is CCOP(=O)(CN(c1ccccn1)c1cc(C(C)(C)C)c(O)c2c1CCCC2)OCC. The highest BCUT2D eigenvalue weighted by Crippen LogP contribution is 2.52. The molecule has 1 aliphatic rings. The van der Waals surface area contributed by atoms with Crippen LogP contribution in [0.15, 0.2) is 30.5 Å². The summed E-state index contributed by atoms with van der Waals surface area (Å²) in [6.07, 6.45) is 5.59. The van der Waals surface area contributed by atoms with Gasteiger partial charge in [0.15, 0.2) is 0 Å². The predicted octanol–water partition coefficient (Wildman–Crippen LogP) is 6.33. The minimum Gasteiger partial charge on any atom is -0.507 e. The number of phenolic OH excluding ortho intramolecular Hbond substituents is 1. The lowest BCUT2D eigenvalue weighted by Gasteiger charge is -2.34. The van der Waals surface area contributed by atoms with Crippen LogP contribution in [0.3, 0.4) is 0 Å². The zero-order valence-corrected chi connectivity index (χ0v) is 20.2. The molecule has 6 nitrogen and oxygen atoms in total. The van der Waals surface area contributed by atoms with Crippen molar-refractivity contribution in [1.29, 1.82) is 0 Å². The Bertz CT molecular complexity index is 931. The largest absolute Gasteiger partial charge is 0.507 e. The van der Waals surface area contributed by atoms with Gasteiger partial charge in [0.2, 0.25) is 0 Å². The summed E-state index contributed by atoms with van der Waals surface area (Å²) in [5.74, 6) is 1.07. The lowest BCUT2D eigenvalue weighted by molar-refractivity contribution is 0.220. The number of phenols is 1. The number of pyridine rings is 1. The number of aromatic hydroxyl groups is 1. The molecule has 0 radical (unpaired) electrons. The molecule has 0 unspecified atom stereocenters. The molecule has 0 bridgehead atoms. The molecule has 1 N–H and O–H groups in total. The minimum absolute atomic E-state index is 0.0620. The highest BCUT2D eigenvalue weighted by atomic mass is 31.2. The quantitative estimate of drug-likeness (QED) is 0.478. The second-order valence-corrected chi connectivity index (χ2v) is 10.9. The van der Waals surface area contributed by atoms with E-state index in [9.17, 15) is 9.67 Å². The van der Waals surface area contributed by atoms with Crippen LogP contribution in [0.4, 0.5) is 11.5 Å². The molecule has 0 spiro atoms. The van der Waals surface area contributed by atoms with Crippen LogP contribution in [-0.2, 0) is 31.9 Å². The van der Waals surface area contributed by atoms with E-state index in [4.69, 9.17) is 9.05 Å². The summed E-state index contributed by atoms with van der Waals surface area (Å²) < 4.78 is 24.8. The monoisotopic (exact) mass is 446 g/mol.